The Morgan fingerprint density at radius 3 is 2.37 bits per heavy atom. The van der Waals surface area contributed by atoms with E-state index in [-0.39, 0.29) is 24.5 Å². The number of para-hydroxylation sites is 1. The Bertz CT molecular complexity index is 1370. The van der Waals surface area contributed by atoms with E-state index in [9.17, 15) is 18.8 Å². The summed E-state index contributed by atoms with van der Waals surface area (Å²) in [6.45, 7) is 2.59. The lowest BCUT2D eigenvalue weighted by Crippen LogP contribution is -2.53. The summed E-state index contributed by atoms with van der Waals surface area (Å²) in [7, 11) is 1.51. The number of amides is 4. The highest BCUT2D eigenvalue weighted by atomic mass is 19.1. The van der Waals surface area contributed by atoms with Gasteiger partial charge in [0.15, 0.2) is 11.5 Å². The molecule has 0 bridgehead atoms. The average Bonchev–Trinajstić information content (AvgIpc) is 2.92. The van der Waals surface area contributed by atoms with E-state index in [0.29, 0.717) is 35.0 Å². The summed E-state index contributed by atoms with van der Waals surface area (Å²) in [6, 6.07) is 17.1. The molecular formula is C29H27FN2O6. The average molecular weight is 519 g/mol. The Morgan fingerprint density at radius 1 is 0.895 bits per heavy atom. The van der Waals surface area contributed by atoms with Crippen LogP contribution in [0.15, 0.2) is 72.3 Å². The maximum absolute atomic E-state index is 13.3. The molecule has 0 saturated carbocycles. The fourth-order valence-corrected chi connectivity index (χ4v) is 3.79. The molecule has 0 radical (unpaired) electrons. The summed E-state index contributed by atoms with van der Waals surface area (Å²) >= 11 is 0. The quantitative estimate of drug-likeness (QED) is 0.304. The molecule has 9 heteroatoms. The van der Waals surface area contributed by atoms with Crippen LogP contribution in [0.1, 0.15) is 30.0 Å². The van der Waals surface area contributed by atoms with Crippen LogP contribution in [0.5, 0.6) is 17.2 Å². The number of barbiturate groups is 1. The molecule has 0 atom stereocenters. The van der Waals surface area contributed by atoms with E-state index in [4.69, 9.17) is 14.2 Å². The molecule has 1 aliphatic rings. The lowest BCUT2D eigenvalue weighted by atomic mass is 10.1. The Kier molecular flexibility index (Phi) is 8.37. The second kappa shape index (κ2) is 12.1. The third-order valence-corrected chi connectivity index (χ3v) is 5.74. The fourth-order valence-electron chi connectivity index (χ4n) is 3.79. The van der Waals surface area contributed by atoms with Gasteiger partial charge in [0.05, 0.1) is 20.3 Å². The number of nitrogens with one attached hydrogen (secondary N) is 1. The largest absolute Gasteiger partial charge is 0.493 e. The van der Waals surface area contributed by atoms with Crippen molar-refractivity contribution in [1.29, 1.82) is 0 Å². The molecule has 38 heavy (non-hydrogen) atoms. The topological polar surface area (TPSA) is 94.2 Å². The van der Waals surface area contributed by atoms with Gasteiger partial charge in [0.2, 0.25) is 0 Å². The van der Waals surface area contributed by atoms with Gasteiger partial charge in [-0.2, -0.15) is 0 Å². The summed E-state index contributed by atoms with van der Waals surface area (Å²) in [5.74, 6) is -0.442. The third-order valence-electron chi connectivity index (χ3n) is 5.74. The number of hydrogen-bond acceptors (Lipinski definition) is 6. The molecule has 1 aliphatic heterocycles. The molecule has 196 valence electrons. The van der Waals surface area contributed by atoms with Crippen molar-refractivity contribution in [3.05, 3.63) is 94.8 Å². The molecule has 0 aliphatic carbocycles. The third kappa shape index (κ3) is 6.18. The number of benzene rings is 3. The highest BCUT2D eigenvalue weighted by Gasteiger charge is 2.36. The minimum absolute atomic E-state index is 0.0809. The first-order valence-electron chi connectivity index (χ1n) is 12.0. The van der Waals surface area contributed by atoms with Gasteiger partial charge in [-0.1, -0.05) is 43.3 Å². The molecule has 0 unspecified atom stereocenters. The zero-order valence-electron chi connectivity index (χ0n) is 21.0. The summed E-state index contributed by atoms with van der Waals surface area (Å²) in [5, 5.41) is 2.23. The minimum Gasteiger partial charge on any atom is -0.493 e. The standard InChI is InChI=1S/C29H27FN2O6/c1-3-14-37-25-13-10-20(15-26(25)36-2)17-32-28(34)23(27(33)31-29(32)35)16-21-6-4-5-7-24(21)38-18-19-8-11-22(30)12-9-19/h4-13,15-16H,3,14,17-18H2,1-2H3,(H,31,33,35)/b23-16+. The molecule has 1 fully saturated rings. The van der Waals surface area contributed by atoms with E-state index in [1.807, 2.05) is 6.92 Å². The predicted octanol–water partition coefficient (Wildman–Crippen LogP) is 4.86. The van der Waals surface area contributed by atoms with Crippen molar-refractivity contribution in [1.82, 2.24) is 10.2 Å². The molecule has 0 aromatic heterocycles. The van der Waals surface area contributed by atoms with Gasteiger partial charge in [0.1, 0.15) is 23.7 Å². The lowest BCUT2D eigenvalue weighted by Gasteiger charge is -2.26. The Balaban J connectivity index is 1.55. The Morgan fingerprint density at radius 2 is 1.63 bits per heavy atom. The van der Waals surface area contributed by atoms with Crippen molar-refractivity contribution in [2.75, 3.05) is 13.7 Å². The molecule has 3 aromatic rings. The first-order valence-corrected chi connectivity index (χ1v) is 12.0. The van der Waals surface area contributed by atoms with Crippen LogP contribution in [-0.2, 0) is 22.7 Å². The van der Waals surface area contributed by atoms with Crippen molar-refractivity contribution >= 4 is 23.9 Å². The molecule has 8 nitrogen and oxygen atoms in total. The highest BCUT2D eigenvalue weighted by molar-refractivity contribution is 6.31. The van der Waals surface area contributed by atoms with Crippen LogP contribution in [0, 0.1) is 5.82 Å². The van der Waals surface area contributed by atoms with Crippen LogP contribution < -0.4 is 19.5 Å². The van der Waals surface area contributed by atoms with Crippen molar-refractivity contribution < 1.29 is 33.0 Å². The fraction of sp³-hybridized carbons (Fsp3) is 0.207. The maximum atomic E-state index is 13.3. The van der Waals surface area contributed by atoms with Gasteiger partial charge in [-0.15, -0.1) is 0 Å². The first kappa shape index (κ1) is 26.4. The van der Waals surface area contributed by atoms with Crippen LogP contribution in [0.2, 0.25) is 0 Å². The molecular weight excluding hydrogens is 491 g/mol. The number of rotatable bonds is 10. The van der Waals surface area contributed by atoms with Crippen molar-refractivity contribution in [2.24, 2.45) is 0 Å². The Hall–Kier alpha value is -4.66. The van der Waals surface area contributed by atoms with E-state index >= 15 is 0 Å². The maximum Gasteiger partial charge on any atom is 0.331 e. The van der Waals surface area contributed by atoms with Gasteiger partial charge in [0, 0.05) is 5.56 Å². The number of carbonyl (C=O) groups excluding carboxylic acids is 3. The van der Waals surface area contributed by atoms with Crippen LogP contribution in [0.3, 0.4) is 0 Å². The van der Waals surface area contributed by atoms with E-state index in [1.165, 1.54) is 25.3 Å². The van der Waals surface area contributed by atoms with E-state index in [0.717, 1.165) is 16.9 Å². The van der Waals surface area contributed by atoms with Crippen LogP contribution in [0.25, 0.3) is 6.08 Å². The van der Waals surface area contributed by atoms with Gasteiger partial charge < -0.3 is 14.2 Å². The normalized spacial score (nSPS) is 14.4. The highest BCUT2D eigenvalue weighted by Crippen LogP contribution is 2.30. The molecule has 1 heterocycles. The Labute approximate surface area is 219 Å². The zero-order chi connectivity index (χ0) is 27.1. The molecule has 4 amide bonds. The summed E-state index contributed by atoms with van der Waals surface area (Å²) in [5.41, 5.74) is 1.63. The monoisotopic (exact) mass is 518 g/mol. The number of methoxy groups -OCH3 is 1. The summed E-state index contributed by atoms with van der Waals surface area (Å²) in [6.07, 6.45) is 2.22. The number of ether oxygens (including phenoxy) is 3. The molecule has 1 saturated heterocycles. The van der Waals surface area contributed by atoms with Crippen LogP contribution in [-0.4, -0.2) is 36.5 Å². The van der Waals surface area contributed by atoms with E-state index < -0.39 is 17.8 Å². The number of hydrogen-bond donors (Lipinski definition) is 1. The second-order valence-electron chi connectivity index (χ2n) is 8.50. The number of urea groups is 1. The smallest absolute Gasteiger partial charge is 0.331 e. The van der Waals surface area contributed by atoms with Gasteiger partial charge in [-0.25, -0.2) is 9.18 Å². The number of nitrogens with zero attached hydrogens (tertiary/aromatic N) is 1. The lowest BCUT2D eigenvalue weighted by molar-refractivity contribution is -0.130. The molecule has 1 N–H and O–H groups in total. The van der Waals surface area contributed by atoms with Gasteiger partial charge in [-0.3, -0.25) is 19.8 Å². The zero-order valence-corrected chi connectivity index (χ0v) is 21.0. The van der Waals surface area contributed by atoms with Crippen molar-refractivity contribution in [3.8, 4) is 17.2 Å². The van der Waals surface area contributed by atoms with Crippen molar-refractivity contribution in [2.45, 2.75) is 26.5 Å². The predicted molar refractivity (Wildman–Crippen MR) is 138 cm³/mol. The van der Waals surface area contributed by atoms with Gasteiger partial charge >= 0.3 is 6.03 Å². The first-order chi connectivity index (χ1) is 18.4. The summed E-state index contributed by atoms with van der Waals surface area (Å²) < 4.78 is 30.1. The van der Waals surface area contributed by atoms with E-state index in [2.05, 4.69) is 5.32 Å². The van der Waals surface area contributed by atoms with Crippen LogP contribution >= 0.6 is 0 Å². The minimum atomic E-state index is -0.816. The molecule has 4 rings (SSSR count). The molecule has 0 spiro atoms. The second-order valence-corrected chi connectivity index (χ2v) is 8.50. The van der Waals surface area contributed by atoms with Gasteiger partial charge in [-0.05, 0) is 54.0 Å². The summed E-state index contributed by atoms with van der Waals surface area (Å²) in [4.78, 5) is 39.4. The van der Waals surface area contributed by atoms with E-state index in [1.54, 1.807) is 54.6 Å². The number of halogens is 1. The number of imide groups is 2. The van der Waals surface area contributed by atoms with Crippen molar-refractivity contribution in [3.63, 3.8) is 0 Å². The molecule has 3 aromatic carbocycles. The van der Waals surface area contributed by atoms with Crippen LogP contribution in [0.4, 0.5) is 9.18 Å². The van der Waals surface area contributed by atoms with Gasteiger partial charge in [0.25, 0.3) is 11.8 Å². The number of carbonyl (C=O) groups is 3. The SMILES string of the molecule is CCCOc1ccc(CN2C(=O)NC(=O)/C(=C\c3ccccc3OCc3ccc(F)cc3)C2=O)cc1OC.